The van der Waals surface area contributed by atoms with Crippen LogP contribution in [-0.4, -0.2) is 25.1 Å². The van der Waals surface area contributed by atoms with Crippen LogP contribution in [-0.2, 0) is 0 Å². The molecule has 0 atom stereocenters. The molecular weight excluding hydrogens is 322 g/mol. The predicted molar refractivity (Wildman–Crippen MR) is 102 cm³/mol. The second-order valence-corrected chi connectivity index (χ2v) is 6.30. The third-order valence-electron chi connectivity index (χ3n) is 4.88. The molecule has 4 aromatic carbocycles. The smallest absolute Gasteiger partial charge is 0.202 e. The first-order valence-electron chi connectivity index (χ1n) is 8.36. The second kappa shape index (κ2) is 4.89. The van der Waals surface area contributed by atoms with Crippen LogP contribution in [0.2, 0.25) is 0 Å². The summed E-state index contributed by atoms with van der Waals surface area (Å²) in [5, 5.41) is 15.9. The van der Waals surface area contributed by atoms with Crippen molar-refractivity contribution in [3.8, 4) is 11.5 Å². The average Bonchev–Trinajstić information content (AvgIpc) is 2.73. The lowest BCUT2D eigenvalue weighted by molar-refractivity contribution is 1.02. The van der Waals surface area contributed by atoms with Crippen LogP contribution in [0.3, 0.4) is 0 Å². The van der Waals surface area contributed by atoms with Gasteiger partial charge in [-0.05, 0) is 21.5 Å². The van der Waals surface area contributed by atoms with Crippen LogP contribution in [0, 0.1) is 0 Å². The number of hydrogen-bond donors (Lipinski definition) is 0. The van der Waals surface area contributed by atoms with Gasteiger partial charge in [-0.1, -0.05) is 48.5 Å². The molecule has 0 N–H and O–H groups in total. The van der Waals surface area contributed by atoms with Crippen LogP contribution in [0.15, 0.2) is 67.1 Å². The Morgan fingerprint density at radius 2 is 1.38 bits per heavy atom. The summed E-state index contributed by atoms with van der Waals surface area (Å²) in [5.74, 6) is 0.486. The second-order valence-electron chi connectivity index (χ2n) is 6.30. The highest BCUT2D eigenvalue weighted by atomic mass is 15.2. The Kier molecular flexibility index (Phi) is 2.55. The molecule has 0 aliphatic carbocycles. The van der Waals surface area contributed by atoms with Crippen molar-refractivity contribution in [3.05, 3.63) is 67.1 Å². The van der Waals surface area contributed by atoms with Crippen molar-refractivity contribution in [1.82, 2.24) is 25.1 Å². The van der Waals surface area contributed by atoms with Gasteiger partial charge in [0.2, 0.25) is 5.82 Å². The Hall–Kier alpha value is -3.73. The summed E-state index contributed by atoms with van der Waals surface area (Å²) in [6.07, 6.45) is 4.92. The molecule has 5 nitrogen and oxygen atoms in total. The zero-order valence-corrected chi connectivity index (χ0v) is 13.6. The summed E-state index contributed by atoms with van der Waals surface area (Å²) >= 11 is 0. The van der Waals surface area contributed by atoms with E-state index in [0.29, 0.717) is 11.5 Å². The molecule has 0 amide bonds. The van der Waals surface area contributed by atoms with E-state index >= 15 is 0 Å². The summed E-state index contributed by atoms with van der Waals surface area (Å²) < 4.78 is 0. The van der Waals surface area contributed by atoms with E-state index in [0.717, 1.165) is 21.8 Å². The molecule has 6 aromatic rings. The van der Waals surface area contributed by atoms with Gasteiger partial charge in [-0.15, -0.1) is 10.2 Å². The summed E-state index contributed by atoms with van der Waals surface area (Å²) in [4.78, 5) is 13.2. The van der Waals surface area contributed by atoms with E-state index < -0.39 is 0 Å². The van der Waals surface area contributed by atoms with Crippen LogP contribution in [0.5, 0.6) is 0 Å². The van der Waals surface area contributed by atoms with Gasteiger partial charge in [0.1, 0.15) is 16.7 Å². The zero-order chi connectivity index (χ0) is 17.1. The predicted octanol–water partition coefficient (Wildman–Crippen LogP) is 4.38. The van der Waals surface area contributed by atoms with Gasteiger partial charge in [0, 0.05) is 23.2 Å². The number of fused-ring (bicyclic) bond motifs is 3. The van der Waals surface area contributed by atoms with E-state index in [4.69, 9.17) is 4.98 Å². The summed E-state index contributed by atoms with van der Waals surface area (Å²) in [5.41, 5.74) is 2.28. The first-order valence-corrected chi connectivity index (χ1v) is 8.36. The Balaban J connectivity index is 1.86. The van der Waals surface area contributed by atoms with Gasteiger partial charge < -0.3 is 0 Å². The molecule has 2 aromatic heterocycles. The number of benzene rings is 4. The highest BCUT2D eigenvalue weighted by Gasteiger charge is 2.16. The van der Waals surface area contributed by atoms with Crippen molar-refractivity contribution in [3.63, 3.8) is 0 Å². The quantitative estimate of drug-likeness (QED) is 0.330. The van der Waals surface area contributed by atoms with Gasteiger partial charge in [-0.25, -0.2) is 9.97 Å². The molecule has 0 aliphatic rings. The van der Waals surface area contributed by atoms with E-state index in [9.17, 15) is 0 Å². The molecule has 0 fully saturated rings. The number of nitrogens with zero attached hydrogens (tertiary/aromatic N) is 5. The van der Waals surface area contributed by atoms with Crippen molar-refractivity contribution in [2.45, 2.75) is 0 Å². The third-order valence-corrected chi connectivity index (χ3v) is 4.88. The van der Waals surface area contributed by atoms with E-state index in [1.165, 1.54) is 21.5 Å². The topological polar surface area (TPSA) is 64.5 Å². The lowest BCUT2D eigenvalue weighted by atomic mass is 9.93. The van der Waals surface area contributed by atoms with Crippen molar-refractivity contribution >= 4 is 43.4 Å². The SMILES string of the molecule is c1cc2ccc3cccc4c5nc(-c6cnccn6)nnc5c(c1)c2c34. The fraction of sp³-hybridized carbons (Fsp3) is 0. The summed E-state index contributed by atoms with van der Waals surface area (Å²) in [7, 11) is 0. The molecule has 0 unspecified atom stereocenters. The molecule has 0 bridgehead atoms. The molecular formula is C21H11N5. The van der Waals surface area contributed by atoms with E-state index in [2.05, 4.69) is 68.7 Å². The maximum Gasteiger partial charge on any atom is 0.202 e. The fourth-order valence-electron chi connectivity index (χ4n) is 3.77. The normalized spacial score (nSPS) is 11.8. The number of rotatable bonds is 1. The van der Waals surface area contributed by atoms with Crippen molar-refractivity contribution < 1.29 is 0 Å². The zero-order valence-electron chi connectivity index (χ0n) is 13.6. The Morgan fingerprint density at radius 3 is 2.08 bits per heavy atom. The van der Waals surface area contributed by atoms with Crippen LogP contribution >= 0.6 is 0 Å². The Labute approximate surface area is 147 Å². The molecule has 5 heteroatoms. The van der Waals surface area contributed by atoms with Gasteiger partial charge in [-0.3, -0.25) is 4.98 Å². The average molecular weight is 333 g/mol. The third kappa shape index (κ3) is 1.71. The number of hydrogen-bond acceptors (Lipinski definition) is 5. The van der Waals surface area contributed by atoms with E-state index in [1.54, 1.807) is 18.6 Å². The van der Waals surface area contributed by atoms with Gasteiger partial charge in [0.15, 0.2) is 0 Å². The van der Waals surface area contributed by atoms with Gasteiger partial charge in [-0.2, -0.15) is 0 Å². The molecule has 120 valence electrons. The lowest BCUT2D eigenvalue weighted by Gasteiger charge is -2.13. The monoisotopic (exact) mass is 333 g/mol. The van der Waals surface area contributed by atoms with E-state index in [-0.39, 0.29) is 0 Å². The number of aromatic nitrogens is 5. The maximum absolute atomic E-state index is 4.82. The largest absolute Gasteiger partial charge is 0.261 e. The van der Waals surface area contributed by atoms with Crippen LogP contribution in [0.4, 0.5) is 0 Å². The van der Waals surface area contributed by atoms with Crippen molar-refractivity contribution in [2.24, 2.45) is 0 Å². The van der Waals surface area contributed by atoms with Crippen molar-refractivity contribution in [2.75, 3.05) is 0 Å². The minimum Gasteiger partial charge on any atom is -0.261 e. The molecule has 0 aliphatic heterocycles. The molecule has 6 rings (SSSR count). The summed E-state index contributed by atoms with van der Waals surface area (Å²) in [6.45, 7) is 0. The molecule has 26 heavy (non-hydrogen) atoms. The minimum atomic E-state index is 0.486. The van der Waals surface area contributed by atoms with Crippen LogP contribution in [0.1, 0.15) is 0 Å². The maximum atomic E-state index is 4.82. The highest BCUT2D eigenvalue weighted by Crippen LogP contribution is 2.39. The first-order chi connectivity index (χ1) is 12.9. The van der Waals surface area contributed by atoms with E-state index in [1.807, 2.05) is 0 Å². The van der Waals surface area contributed by atoms with Gasteiger partial charge in [0.05, 0.1) is 6.20 Å². The molecule has 0 saturated heterocycles. The van der Waals surface area contributed by atoms with Crippen LogP contribution in [0.25, 0.3) is 54.9 Å². The lowest BCUT2D eigenvalue weighted by Crippen LogP contribution is -1.98. The molecule has 0 radical (unpaired) electrons. The standard InChI is InChI=1S/C21H11N5/c1-3-12-7-8-13-4-2-6-15-18(13)17(12)14(5-1)19-20(15)25-26-21(24-19)16-11-22-9-10-23-16/h1-11H. The molecule has 2 heterocycles. The minimum absolute atomic E-state index is 0.486. The molecule has 0 saturated carbocycles. The van der Waals surface area contributed by atoms with Crippen LogP contribution < -0.4 is 0 Å². The Morgan fingerprint density at radius 1 is 0.654 bits per heavy atom. The summed E-state index contributed by atoms with van der Waals surface area (Å²) in [6, 6.07) is 16.9. The Bertz CT molecular complexity index is 1430. The first kappa shape index (κ1) is 13.5. The molecule has 0 spiro atoms. The highest BCUT2D eigenvalue weighted by molar-refractivity contribution is 6.32. The van der Waals surface area contributed by atoms with Gasteiger partial charge >= 0.3 is 0 Å². The van der Waals surface area contributed by atoms with Gasteiger partial charge in [0.25, 0.3) is 0 Å². The fourth-order valence-corrected chi connectivity index (χ4v) is 3.77. The van der Waals surface area contributed by atoms with Crippen molar-refractivity contribution in [1.29, 1.82) is 0 Å².